The van der Waals surface area contributed by atoms with Crippen LogP contribution in [0.25, 0.3) is 0 Å². The second-order valence-electron chi connectivity index (χ2n) is 3.59. The van der Waals surface area contributed by atoms with E-state index in [1.807, 2.05) is 13.0 Å². The van der Waals surface area contributed by atoms with Crippen LogP contribution in [0.15, 0.2) is 22.0 Å². The van der Waals surface area contributed by atoms with Crippen LogP contribution < -0.4 is 5.32 Å². The Bertz CT molecular complexity index is 520. The van der Waals surface area contributed by atoms with Gasteiger partial charge in [-0.1, -0.05) is 16.5 Å². The molecule has 0 unspecified atom stereocenters. The molecule has 0 aliphatic rings. The molecule has 1 N–H and O–H groups in total. The predicted molar refractivity (Wildman–Crippen MR) is 62.8 cm³/mol. The number of hydrogen-bond donors (Lipinski definition) is 1. The summed E-state index contributed by atoms with van der Waals surface area (Å²) in [5, 5.41) is 19.3. The van der Waals surface area contributed by atoms with E-state index >= 15 is 0 Å². The highest BCUT2D eigenvalue weighted by atomic mass is 32.1. The molecule has 2 aromatic rings. The number of aromatic nitrogens is 1. The maximum absolute atomic E-state index is 10.5. The van der Waals surface area contributed by atoms with Crippen LogP contribution in [0.5, 0.6) is 0 Å². The lowest BCUT2D eigenvalue weighted by Crippen LogP contribution is -2.11. The van der Waals surface area contributed by atoms with Crippen molar-refractivity contribution in [1.29, 1.82) is 0 Å². The number of nitro groups is 1. The Balaban J connectivity index is 1.83. The average Bonchev–Trinajstić information content (AvgIpc) is 2.88. The van der Waals surface area contributed by atoms with Gasteiger partial charge >= 0.3 is 5.00 Å². The monoisotopic (exact) mass is 253 g/mol. The fourth-order valence-electron chi connectivity index (χ4n) is 1.38. The number of nitrogens with zero attached hydrogens (tertiary/aromatic N) is 2. The van der Waals surface area contributed by atoms with Crippen LogP contribution in [0.2, 0.25) is 0 Å². The molecule has 90 valence electrons. The van der Waals surface area contributed by atoms with Crippen LogP contribution >= 0.6 is 11.3 Å². The van der Waals surface area contributed by atoms with E-state index in [-0.39, 0.29) is 9.92 Å². The molecule has 6 nitrogen and oxygen atoms in total. The summed E-state index contributed by atoms with van der Waals surface area (Å²) in [6, 6.07) is 3.42. The number of hydrogen-bond acceptors (Lipinski definition) is 6. The molecule has 0 saturated carbocycles. The Morgan fingerprint density at radius 2 is 2.35 bits per heavy atom. The van der Waals surface area contributed by atoms with Crippen molar-refractivity contribution >= 4 is 16.3 Å². The maximum atomic E-state index is 10.5. The van der Waals surface area contributed by atoms with E-state index in [4.69, 9.17) is 4.52 Å². The summed E-state index contributed by atoms with van der Waals surface area (Å²) in [4.78, 5) is 10.1. The Kier molecular flexibility index (Phi) is 3.50. The Morgan fingerprint density at radius 1 is 1.53 bits per heavy atom. The Morgan fingerprint density at radius 3 is 2.94 bits per heavy atom. The van der Waals surface area contributed by atoms with Gasteiger partial charge in [0.05, 0.1) is 17.2 Å². The van der Waals surface area contributed by atoms with Crippen LogP contribution in [0.1, 0.15) is 17.0 Å². The Hall–Kier alpha value is -1.73. The van der Waals surface area contributed by atoms with Gasteiger partial charge in [0.25, 0.3) is 0 Å². The van der Waals surface area contributed by atoms with E-state index in [0.29, 0.717) is 13.1 Å². The van der Waals surface area contributed by atoms with Crippen molar-refractivity contribution in [1.82, 2.24) is 10.5 Å². The largest absolute Gasteiger partial charge is 0.360 e. The number of rotatable bonds is 5. The van der Waals surface area contributed by atoms with Crippen LogP contribution in [0.4, 0.5) is 5.00 Å². The summed E-state index contributed by atoms with van der Waals surface area (Å²) in [6.45, 7) is 2.99. The van der Waals surface area contributed by atoms with E-state index < -0.39 is 0 Å². The number of nitrogens with one attached hydrogen (secondary N) is 1. The minimum atomic E-state index is -0.381. The second-order valence-corrected chi connectivity index (χ2v) is 4.48. The van der Waals surface area contributed by atoms with Crippen LogP contribution in [-0.2, 0) is 13.1 Å². The highest BCUT2D eigenvalue weighted by molar-refractivity contribution is 7.13. The smallest absolute Gasteiger partial charge is 0.324 e. The SMILES string of the molecule is Cc1cc(CNCc2csc([N+](=O)[O-])c2)on1. The van der Waals surface area contributed by atoms with Gasteiger partial charge in [0, 0.05) is 24.1 Å². The summed E-state index contributed by atoms with van der Waals surface area (Å²) < 4.78 is 5.03. The fourth-order valence-corrected chi connectivity index (χ4v) is 2.11. The van der Waals surface area contributed by atoms with Gasteiger partial charge in [-0.05, 0) is 12.5 Å². The number of thiophene rings is 1. The van der Waals surface area contributed by atoms with Gasteiger partial charge in [0.2, 0.25) is 0 Å². The third-order valence-corrected chi connectivity index (χ3v) is 3.05. The van der Waals surface area contributed by atoms with E-state index in [1.165, 1.54) is 0 Å². The lowest BCUT2D eigenvalue weighted by Gasteiger charge is -1.98. The van der Waals surface area contributed by atoms with Crippen LogP contribution in [0, 0.1) is 17.0 Å². The first kappa shape index (κ1) is 11.7. The van der Waals surface area contributed by atoms with Gasteiger partial charge in [-0.3, -0.25) is 10.1 Å². The summed E-state index contributed by atoms with van der Waals surface area (Å²) in [6.07, 6.45) is 0. The minimum Gasteiger partial charge on any atom is -0.360 e. The molecule has 0 fully saturated rings. The van der Waals surface area contributed by atoms with E-state index in [1.54, 1.807) is 11.4 Å². The first-order chi connectivity index (χ1) is 8.15. The summed E-state index contributed by atoms with van der Waals surface area (Å²) >= 11 is 1.13. The zero-order valence-corrected chi connectivity index (χ0v) is 9.99. The molecule has 0 saturated heterocycles. The molecule has 0 atom stereocenters. The molecule has 2 heterocycles. The minimum absolute atomic E-state index is 0.164. The molecule has 0 aromatic carbocycles. The zero-order valence-electron chi connectivity index (χ0n) is 9.17. The van der Waals surface area contributed by atoms with Crippen LogP contribution in [0.3, 0.4) is 0 Å². The van der Waals surface area contributed by atoms with Crippen molar-refractivity contribution in [2.45, 2.75) is 20.0 Å². The summed E-state index contributed by atoms with van der Waals surface area (Å²) in [7, 11) is 0. The van der Waals surface area contributed by atoms with Crippen molar-refractivity contribution in [3.05, 3.63) is 44.6 Å². The molecule has 0 amide bonds. The first-order valence-corrected chi connectivity index (χ1v) is 5.88. The lowest BCUT2D eigenvalue weighted by molar-refractivity contribution is -0.380. The highest BCUT2D eigenvalue weighted by Crippen LogP contribution is 2.22. The molecule has 0 aliphatic heterocycles. The zero-order chi connectivity index (χ0) is 12.3. The van der Waals surface area contributed by atoms with E-state index in [2.05, 4.69) is 10.5 Å². The van der Waals surface area contributed by atoms with Crippen molar-refractivity contribution in [3.63, 3.8) is 0 Å². The van der Waals surface area contributed by atoms with Gasteiger partial charge in [-0.25, -0.2) is 0 Å². The van der Waals surface area contributed by atoms with Crippen LogP contribution in [-0.4, -0.2) is 10.1 Å². The molecule has 0 radical (unpaired) electrons. The van der Waals surface area contributed by atoms with E-state index in [9.17, 15) is 10.1 Å². The quantitative estimate of drug-likeness (QED) is 0.652. The fraction of sp³-hybridized carbons (Fsp3) is 0.300. The molecule has 17 heavy (non-hydrogen) atoms. The number of aryl methyl sites for hydroxylation is 1. The maximum Gasteiger partial charge on any atom is 0.324 e. The molecule has 0 aliphatic carbocycles. The first-order valence-electron chi connectivity index (χ1n) is 5.00. The normalized spacial score (nSPS) is 10.6. The van der Waals surface area contributed by atoms with Crippen molar-refractivity contribution in [3.8, 4) is 0 Å². The van der Waals surface area contributed by atoms with E-state index in [0.717, 1.165) is 28.4 Å². The summed E-state index contributed by atoms with van der Waals surface area (Å²) in [5.41, 5.74) is 1.74. The molecule has 2 aromatic heterocycles. The molecule has 2 rings (SSSR count). The lowest BCUT2D eigenvalue weighted by atomic mass is 10.3. The van der Waals surface area contributed by atoms with Gasteiger partial charge in [0.1, 0.15) is 0 Å². The standard InChI is InChI=1S/C10H11N3O3S/c1-7-2-9(16-12-7)5-11-4-8-3-10(13(14)15)17-6-8/h2-3,6,11H,4-5H2,1H3. The summed E-state index contributed by atoms with van der Waals surface area (Å²) in [5.74, 6) is 0.757. The third-order valence-electron chi connectivity index (χ3n) is 2.12. The van der Waals surface area contributed by atoms with Gasteiger partial charge in [-0.15, -0.1) is 0 Å². The van der Waals surface area contributed by atoms with Gasteiger partial charge in [-0.2, -0.15) is 0 Å². The van der Waals surface area contributed by atoms with Gasteiger partial charge < -0.3 is 9.84 Å². The Labute approximate surface area is 101 Å². The molecule has 0 bridgehead atoms. The van der Waals surface area contributed by atoms with Crippen molar-refractivity contribution in [2.75, 3.05) is 0 Å². The van der Waals surface area contributed by atoms with Crippen molar-refractivity contribution < 1.29 is 9.45 Å². The topological polar surface area (TPSA) is 81.2 Å². The van der Waals surface area contributed by atoms with Gasteiger partial charge in [0.15, 0.2) is 5.76 Å². The predicted octanol–water partition coefficient (Wildman–Crippen LogP) is 2.24. The second kappa shape index (κ2) is 5.07. The molecule has 0 spiro atoms. The molecular weight excluding hydrogens is 242 g/mol. The third kappa shape index (κ3) is 3.11. The molecule has 7 heteroatoms. The molecular formula is C10H11N3O3S. The highest BCUT2D eigenvalue weighted by Gasteiger charge is 2.09. The average molecular weight is 253 g/mol. The van der Waals surface area contributed by atoms with Crippen molar-refractivity contribution in [2.24, 2.45) is 0 Å².